The lowest BCUT2D eigenvalue weighted by molar-refractivity contribution is 0.477. The lowest BCUT2D eigenvalue weighted by Crippen LogP contribution is -2.17. The summed E-state index contributed by atoms with van der Waals surface area (Å²) in [5.41, 5.74) is 9.50. The normalized spacial score (nSPS) is 12.2. The predicted octanol–water partition coefficient (Wildman–Crippen LogP) is 4.24. The molecule has 1 unspecified atom stereocenters. The van der Waals surface area contributed by atoms with Crippen LogP contribution in [0.2, 0.25) is 0 Å². The Morgan fingerprint density at radius 1 is 1.10 bits per heavy atom. The van der Waals surface area contributed by atoms with Crippen molar-refractivity contribution in [2.24, 2.45) is 5.73 Å². The molecule has 2 aromatic rings. The Hall–Kier alpha value is -1.80. The van der Waals surface area contributed by atoms with Gasteiger partial charge in [-0.05, 0) is 61.6 Å². The number of hydrogen-bond donors (Lipinski definition) is 1. The fourth-order valence-electron chi connectivity index (χ4n) is 2.21. The number of aryl methyl sites for hydroxylation is 2. The molecule has 0 aliphatic heterocycles. The van der Waals surface area contributed by atoms with E-state index in [1.165, 1.54) is 11.1 Å². The molecule has 0 radical (unpaired) electrons. The molecule has 0 saturated carbocycles. The van der Waals surface area contributed by atoms with Crippen LogP contribution in [0.25, 0.3) is 0 Å². The lowest BCUT2D eigenvalue weighted by atomic mass is 10.1. The van der Waals surface area contributed by atoms with Gasteiger partial charge in [-0.15, -0.1) is 0 Å². The fraction of sp³-hybridized carbons (Fsp3) is 0.333. The Balaban J connectivity index is 2.23. The van der Waals surface area contributed by atoms with Crippen LogP contribution >= 0.6 is 0 Å². The summed E-state index contributed by atoms with van der Waals surface area (Å²) >= 11 is 0. The van der Waals surface area contributed by atoms with Crippen LogP contribution in [-0.4, -0.2) is 6.04 Å². The fourth-order valence-corrected chi connectivity index (χ4v) is 2.21. The number of rotatable bonds is 5. The average Bonchev–Trinajstić information content (AvgIpc) is 2.42. The maximum atomic E-state index is 6.03. The number of nitrogens with two attached hydrogens (primary N) is 1. The zero-order valence-corrected chi connectivity index (χ0v) is 12.5. The van der Waals surface area contributed by atoms with Crippen LogP contribution in [0.15, 0.2) is 42.5 Å². The van der Waals surface area contributed by atoms with E-state index >= 15 is 0 Å². The SMILES string of the molecule is CCc1cccc(Oc2cc(CC(C)N)ccc2C)c1. The van der Waals surface area contributed by atoms with Gasteiger partial charge in [0.15, 0.2) is 0 Å². The van der Waals surface area contributed by atoms with Gasteiger partial charge in [0.2, 0.25) is 0 Å². The highest BCUT2D eigenvalue weighted by atomic mass is 16.5. The molecule has 20 heavy (non-hydrogen) atoms. The molecule has 0 saturated heterocycles. The van der Waals surface area contributed by atoms with Crippen LogP contribution in [-0.2, 0) is 12.8 Å². The second kappa shape index (κ2) is 6.58. The van der Waals surface area contributed by atoms with Gasteiger partial charge in [0.1, 0.15) is 11.5 Å². The Labute approximate surface area is 121 Å². The Morgan fingerprint density at radius 2 is 1.90 bits per heavy atom. The van der Waals surface area contributed by atoms with E-state index in [-0.39, 0.29) is 6.04 Å². The smallest absolute Gasteiger partial charge is 0.130 e. The third kappa shape index (κ3) is 3.84. The minimum atomic E-state index is 0.161. The standard InChI is InChI=1S/C18H23NO/c1-4-15-6-5-7-17(11-15)20-18-12-16(10-14(3)19)9-8-13(18)2/h5-9,11-12,14H,4,10,19H2,1-3H3. The van der Waals surface area contributed by atoms with Crippen molar-refractivity contribution in [1.29, 1.82) is 0 Å². The summed E-state index contributed by atoms with van der Waals surface area (Å²) in [6.07, 6.45) is 1.88. The molecule has 0 aliphatic rings. The highest BCUT2D eigenvalue weighted by Gasteiger charge is 2.05. The van der Waals surface area contributed by atoms with Crippen LogP contribution in [0.5, 0.6) is 11.5 Å². The summed E-state index contributed by atoms with van der Waals surface area (Å²) in [6.45, 7) is 6.23. The molecule has 0 fully saturated rings. The quantitative estimate of drug-likeness (QED) is 0.881. The van der Waals surface area contributed by atoms with Crippen molar-refractivity contribution < 1.29 is 4.74 Å². The van der Waals surface area contributed by atoms with Crippen LogP contribution in [0.4, 0.5) is 0 Å². The van der Waals surface area contributed by atoms with E-state index in [4.69, 9.17) is 10.5 Å². The molecule has 1 atom stereocenters. The summed E-state index contributed by atoms with van der Waals surface area (Å²) < 4.78 is 6.03. The maximum absolute atomic E-state index is 6.03. The largest absolute Gasteiger partial charge is 0.457 e. The molecule has 2 heteroatoms. The van der Waals surface area contributed by atoms with Crippen molar-refractivity contribution in [2.45, 2.75) is 39.7 Å². The van der Waals surface area contributed by atoms with Gasteiger partial charge >= 0.3 is 0 Å². The first-order valence-electron chi connectivity index (χ1n) is 7.20. The summed E-state index contributed by atoms with van der Waals surface area (Å²) in [4.78, 5) is 0. The second-order valence-electron chi connectivity index (χ2n) is 5.38. The van der Waals surface area contributed by atoms with E-state index in [9.17, 15) is 0 Å². The zero-order valence-electron chi connectivity index (χ0n) is 12.5. The van der Waals surface area contributed by atoms with Crippen LogP contribution in [0, 0.1) is 6.92 Å². The maximum Gasteiger partial charge on any atom is 0.130 e. The van der Waals surface area contributed by atoms with E-state index in [0.29, 0.717) is 0 Å². The molecule has 0 amide bonds. The molecule has 0 aromatic heterocycles. The summed E-state index contributed by atoms with van der Waals surface area (Å²) in [7, 11) is 0. The van der Waals surface area contributed by atoms with Crippen molar-refractivity contribution in [1.82, 2.24) is 0 Å². The van der Waals surface area contributed by atoms with E-state index in [0.717, 1.165) is 29.9 Å². The third-order valence-corrected chi connectivity index (χ3v) is 3.34. The molecule has 2 aromatic carbocycles. The van der Waals surface area contributed by atoms with Crippen molar-refractivity contribution in [2.75, 3.05) is 0 Å². The molecule has 2 N–H and O–H groups in total. The highest BCUT2D eigenvalue weighted by Crippen LogP contribution is 2.27. The van der Waals surface area contributed by atoms with Gasteiger partial charge in [-0.25, -0.2) is 0 Å². The topological polar surface area (TPSA) is 35.2 Å². The van der Waals surface area contributed by atoms with Crippen LogP contribution < -0.4 is 10.5 Å². The second-order valence-corrected chi connectivity index (χ2v) is 5.38. The van der Waals surface area contributed by atoms with E-state index in [2.05, 4.69) is 44.2 Å². The minimum Gasteiger partial charge on any atom is -0.457 e. The summed E-state index contributed by atoms with van der Waals surface area (Å²) in [5.74, 6) is 1.81. The average molecular weight is 269 g/mol. The van der Waals surface area contributed by atoms with Crippen molar-refractivity contribution in [3.05, 3.63) is 59.2 Å². The third-order valence-electron chi connectivity index (χ3n) is 3.34. The molecule has 0 aliphatic carbocycles. The van der Waals surface area contributed by atoms with Crippen LogP contribution in [0.3, 0.4) is 0 Å². The molecule has 0 heterocycles. The first kappa shape index (κ1) is 14.6. The zero-order chi connectivity index (χ0) is 14.5. The molecule has 106 valence electrons. The molecular weight excluding hydrogens is 246 g/mol. The minimum absolute atomic E-state index is 0.161. The molecule has 2 rings (SSSR count). The number of ether oxygens (including phenoxy) is 1. The Kier molecular flexibility index (Phi) is 4.80. The van der Waals surface area contributed by atoms with Gasteiger partial charge in [-0.2, -0.15) is 0 Å². The van der Waals surface area contributed by atoms with Gasteiger partial charge < -0.3 is 10.5 Å². The van der Waals surface area contributed by atoms with E-state index < -0.39 is 0 Å². The van der Waals surface area contributed by atoms with Gasteiger partial charge in [-0.1, -0.05) is 31.2 Å². The van der Waals surface area contributed by atoms with Gasteiger partial charge in [-0.3, -0.25) is 0 Å². The number of benzene rings is 2. The van der Waals surface area contributed by atoms with Crippen LogP contribution in [0.1, 0.15) is 30.5 Å². The van der Waals surface area contributed by atoms with Gasteiger partial charge in [0.25, 0.3) is 0 Å². The molecular formula is C18H23NO. The Bertz CT molecular complexity index is 575. The lowest BCUT2D eigenvalue weighted by Gasteiger charge is -2.12. The van der Waals surface area contributed by atoms with Gasteiger partial charge in [0, 0.05) is 6.04 Å². The predicted molar refractivity (Wildman–Crippen MR) is 84.4 cm³/mol. The first-order valence-corrected chi connectivity index (χ1v) is 7.20. The summed E-state index contributed by atoms with van der Waals surface area (Å²) in [6, 6.07) is 14.7. The molecule has 2 nitrogen and oxygen atoms in total. The van der Waals surface area contributed by atoms with Crippen molar-refractivity contribution in [3.8, 4) is 11.5 Å². The highest BCUT2D eigenvalue weighted by molar-refractivity contribution is 5.41. The first-order chi connectivity index (χ1) is 9.58. The molecule has 0 spiro atoms. The molecule has 0 bridgehead atoms. The van der Waals surface area contributed by atoms with Gasteiger partial charge in [0.05, 0.1) is 0 Å². The van der Waals surface area contributed by atoms with Crippen molar-refractivity contribution in [3.63, 3.8) is 0 Å². The Morgan fingerprint density at radius 3 is 2.60 bits per heavy atom. The summed E-state index contributed by atoms with van der Waals surface area (Å²) in [5, 5.41) is 0. The number of hydrogen-bond acceptors (Lipinski definition) is 2. The van der Waals surface area contributed by atoms with Crippen molar-refractivity contribution >= 4 is 0 Å². The van der Waals surface area contributed by atoms with E-state index in [1.54, 1.807) is 0 Å². The van der Waals surface area contributed by atoms with E-state index in [1.807, 2.05) is 19.1 Å². The monoisotopic (exact) mass is 269 g/mol.